The third-order valence-electron chi connectivity index (χ3n) is 4.09. The van der Waals surface area contributed by atoms with Crippen LogP contribution in [0.1, 0.15) is 40.0 Å². The van der Waals surface area contributed by atoms with Crippen LogP contribution in [0.2, 0.25) is 0 Å². The van der Waals surface area contributed by atoms with Gasteiger partial charge in [-0.25, -0.2) is 0 Å². The van der Waals surface area contributed by atoms with Crippen LogP contribution in [-0.2, 0) is 28.8 Å². The molecule has 0 fully saturated rings. The highest BCUT2D eigenvalue weighted by molar-refractivity contribution is 5.92. The van der Waals surface area contributed by atoms with Gasteiger partial charge >= 0.3 is 0 Å². The molecule has 0 aliphatic carbocycles. The summed E-state index contributed by atoms with van der Waals surface area (Å²) in [4.78, 5) is 70.0. The molecule has 0 bridgehead atoms. The first kappa shape index (κ1) is 28.8. The van der Waals surface area contributed by atoms with Crippen molar-refractivity contribution < 1.29 is 28.8 Å². The number of hydrogen-bond acceptors (Lipinski definition) is 7. The number of hydrogen-bond donors (Lipinski definition) is 7. The van der Waals surface area contributed by atoms with Gasteiger partial charge in [0.15, 0.2) is 0 Å². The summed E-state index contributed by atoms with van der Waals surface area (Å²) in [6, 6.07) is -1.20. The first-order valence-corrected chi connectivity index (χ1v) is 10.3. The number of carbonyl (C=O) groups excluding carboxylic acids is 6. The van der Waals surface area contributed by atoms with Crippen molar-refractivity contribution >= 4 is 35.4 Å². The first-order chi connectivity index (χ1) is 14.9. The smallest absolute Gasteiger partial charge is 0.243 e. The molecule has 0 unspecified atom stereocenters. The Morgan fingerprint density at radius 1 is 0.750 bits per heavy atom. The van der Waals surface area contributed by atoms with E-state index in [4.69, 9.17) is 11.5 Å². The molecule has 0 saturated heterocycles. The lowest BCUT2D eigenvalue weighted by molar-refractivity contribution is -0.131. The van der Waals surface area contributed by atoms with Gasteiger partial charge in [-0.2, -0.15) is 0 Å². The maximum absolute atomic E-state index is 12.5. The molecule has 0 radical (unpaired) electrons. The van der Waals surface area contributed by atoms with Crippen molar-refractivity contribution in [2.45, 2.75) is 52.1 Å². The fraction of sp³-hybridized carbons (Fsp3) is 0.684. The lowest BCUT2D eigenvalue weighted by Gasteiger charge is -2.20. The third kappa shape index (κ3) is 14.7. The van der Waals surface area contributed by atoms with Gasteiger partial charge in [0, 0.05) is 12.5 Å². The molecule has 0 spiro atoms. The second-order valence-corrected chi connectivity index (χ2v) is 7.70. The number of nitrogens with one attached hydrogen (secondary N) is 5. The van der Waals surface area contributed by atoms with E-state index in [1.165, 1.54) is 0 Å². The van der Waals surface area contributed by atoms with Crippen LogP contribution in [0.5, 0.6) is 0 Å². The number of nitrogens with two attached hydrogens (primary N) is 2. The van der Waals surface area contributed by atoms with E-state index < -0.39 is 48.0 Å². The highest BCUT2D eigenvalue weighted by atomic mass is 16.2. The van der Waals surface area contributed by atoms with Gasteiger partial charge in [-0.05, 0) is 25.7 Å². The molecular weight excluding hydrogens is 422 g/mol. The van der Waals surface area contributed by atoms with Gasteiger partial charge in [0.05, 0.1) is 26.2 Å². The van der Waals surface area contributed by atoms with E-state index in [-0.39, 0.29) is 38.0 Å². The molecule has 0 saturated carbocycles. The molecule has 0 aliphatic heterocycles. The number of amides is 6. The Morgan fingerprint density at radius 2 is 1.28 bits per heavy atom. The molecule has 0 aromatic rings. The zero-order valence-corrected chi connectivity index (χ0v) is 18.8. The minimum Gasteiger partial charge on any atom is -0.370 e. The minimum absolute atomic E-state index is 0.0646. The van der Waals surface area contributed by atoms with Crippen LogP contribution >= 0.6 is 0 Å². The van der Waals surface area contributed by atoms with E-state index in [2.05, 4.69) is 26.6 Å². The van der Waals surface area contributed by atoms with E-state index in [1.54, 1.807) is 6.92 Å². The number of rotatable bonds is 15. The van der Waals surface area contributed by atoms with Crippen LogP contribution in [0, 0.1) is 5.92 Å². The van der Waals surface area contributed by atoms with Gasteiger partial charge < -0.3 is 38.1 Å². The largest absolute Gasteiger partial charge is 0.370 e. The number of primary amides is 1. The van der Waals surface area contributed by atoms with Crippen LogP contribution in [0.15, 0.2) is 0 Å². The summed E-state index contributed by atoms with van der Waals surface area (Å²) in [5, 5.41) is 12.2. The first-order valence-electron chi connectivity index (χ1n) is 10.3. The van der Waals surface area contributed by atoms with Gasteiger partial charge in [-0.3, -0.25) is 28.8 Å². The lowest BCUT2D eigenvalue weighted by Crippen LogP contribution is -2.52. The fourth-order valence-electron chi connectivity index (χ4n) is 2.49. The molecule has 13 nitrogen and oxygen atoms in total. The van der Waals surface area contributed by atoms with Crippen molar-refractivity contribution in [1.29, 1.82) is 0 Å². The summed E-state index contributed by atoms with van der Waals surface area (Å²) in [5.74, 6) is -3.10. The van der Waals surface area contributed by atoms with Crippen molar-refractivity contribution in [2.75, 3.05) is 26.2 Å². The Labute approximate surface area is 187 Å². The quantitative estimate of drug-likeness (QED) is 0.132. The van der Waals surface area contributed by atoms with Gasteiger partial charge in [-0.15, -0.1) is 0 Å². The number of carbonyl (C=O) groups is 6. The Kier molecular flexibility index (Phi) is 14.0. The highest BCUT2D eigenvalue weighted by Crippen LogP contribution is 2.05. The second kappa shape index (κ2) is 15.6. The Bertz CT molecular complexity index is 683. The average molecular weight is 458 g/mol. The van der Waals surface area contributed by atoms with Crippen LogP contribution in [0.3, 0.4) is 0 Å². The third-order valence-corrected chi connectivity index (χ3v) is 4.09. The van der Waals surface area contributed by atoms with Crippen molar-refractivity contribution in [2.24, 2.45) is 17.4 Å². The van der Waals surface area contributed by atoms with Crippen LogP contribution in [-0.4, -0.2) is 73.7 Å². The molecule has 6 amide bonds. The molecule has 0 heterocycles. The van der Waals surface area contributed by atoms with Crippen LogP contribution in [0.4, 0.5) is 0 Å². The van der Waals surface area contributed by atoms with E-state index in [1.807, 2.05) is 13.8 Å². The van der Waals surface area contributed by atoms with Crippen molar-refractivity contribution in [3.05, 3.63) is 0 Å². The molecular formula is C19H35N7O6. The standard InChI is InChI=1S/C19H35N7O6/c1-11(2)6-13(26-18(31)9-23-16(29)8-22-15(28)7-20)19(32)24-10-17(30)25-12(3)4-5-14(21)27/h11-13H,4-10,20H2,1-3H3,(H2,21,27)(H,22,28)(H,23,29)(H,24,32)(H,25,30)(H,26,31)/t12-,13+/m1/s1. The molecule has 0 aromatic carbocycles. The van der Waals surface area contributed by atoms with Crippen LogP contribution in [0.25, 0.3) is 0 Å². The summed E-state index contributed by atoms with van der Waals surface area (Å²) in [6.45, 7) is 4.15. The van der Waals surface area contributed by atoms with Crippen LogP contribution < -0.4 is 38.1 Å². The molecule has 32 heavy (non-hydrogen) atoms. The second-order valence-electron chi connectivity index (χ2n) is 7.70. The monoisotopic (exact) mass is 457 g/mol. The van der Waals surface area contributed by atoms with Crippen molar-refractivity contribution in [3.8, 4) is 0 Å². The van der Waals surface area contributed by atoms with E-state index >= 15 is 0 Å². The maximum atomic E-state index is 12.5. The zero-order chi connectivity index (χ0) is 24.7. The topological polar surface area (TPSA) is 215 Å². The molecule has 0 rings (SSSR count). The predicted molar refractivity (Wildman–Crippen MR) is 116 cm³/mol. The van der Waals surface area contributed by atoms with Gasteiger partial charge in [-0.1, -0.05) is 13.8 Å². The van der Waals surface area contributed by atoms with E-state index in [0.29, 0.717) is 12.8 Å². The fourth-order valence-corrected chi connectivity index (χ4v) is 2.49. The summed E-state index contributed by atoms with van der Waals surface area (Å²) in [6.07, 6.45) is 0.823. The molecule has 0 aromatic heterocycles. The highest BCUT2D eigenvalue weighted by Gasteiger charge is 2.23. The molecule has 0 aliphatic rings. The van der Waals surface area contributed by atoms with Crippen molar-refractivity contribution in [3.63, 3.8) is 0 Å². The van der Waals surface area contributed by atoms with E-state index in [0.717, 1.165) is 0 Å². The Balaban J connectivity index is 4.54. The molecule has 9 N–H and O–H groups in total. The Morgan fingerprint density at radius 3 is 1.84 bits per heavy atom. The van der Waals surface area contributed by atoms with Gasteiger partial charge in [0.2, 0.25) is 35.4 Å². The molecule has 2 atom stereocenters. The molecule has 13 heteroatoms. The maximum Gasteiger partial charge on any atom is 0.243 e. The van der Waals surface area contributed by atoms with Crippen molar-refractivity contribution in [1.82, 2.24) is 26.6 Å². The summed E-state index contributed by atoms with van der Waals surface area (Å²) >= 11 is 0. The van der Waals surface area contributed by atoms with Gasteiger partial charge in [0.25, 0.3) is 0 Å². The lowest BCUT2D eigenvalue weighted by atomic mass is 10.0. The molecule has 182 valence electrons. The predicted octanol–water partition coefficient (Wildman–Crippen LogP) is -3.41. The Hall–Kier alpha value is -3.22. The summed E-state index contributed by atoms with van der Waals surface area (Å²) in [5.41, 5.74) is 10.2. The van der Waals surface area contributed by atoms with Gasteiger partial charge in [0.1, 0.15) is 6.04 Å². The zero-order valence-electron chi connectivity index (χ0n) is 18.8. The normalized spacial score (nSPS) is 12.3. The SMILES string of the molecule is CC(C)C[C@H](NC(=O)CNC(=O)CNC(=O)CN)C(=O)NCC(=O)N[C@H](C)CCC(N)=O. The van der Waals surface area contributed by atoms with E-state index in [9.17, 15) is 28.8 Å². The minimum atomic E-state index is -0.906. The average Bonchev–Trinajstić information content (AvgIpc) is 2.71. The summed E-state index contributed by atoms with van der Waals surface area (Å²) < 4.78 is 0. The summed E-state index contributed by atoms with van der Waals surface area (Å²) in [7, 11) is 0.